The molecule has 2 rings (SSSR count). The summed E-state index contributed by atoms with van der Waals surface area (Å²) in [6.45, 7) is 3.19. The Hall–Kier alpha value is -2.83. The van der Waals surface area contributed by atoms with Crippen molar-refractivity contribution in [3.05, 3.63) is 41.6 Å². The molecule has 0 aliphatic carbocycles. The summed E-state index contributed by atoms with van der Waals surface area (Å²) in [7, 11) is 2.04. The molecule has 1 N–H and O–H groups in total. The van der Waals surface area contributed by atoms with Crippen LogP contribution in [0.25, 0.3) is 0 Å². The number of nitriles is 2. The number of carbonyl (C=O) groups excluding carboxylic acids is 1. The molecule has 1 aromatic rings. The van der Waals surface area contributed by atoms with Gasteiger partial charge in [0.2, 0.25) is 0 Å². The van der Waals surface area contributed by atoms with Crippen LogP contribution in [0.3, 0.4) is 0 Å². The van der Waals surface area contributed by atoms with Crippen molar-refractivity contribution in [3.63, 3.8) is 0 Å². The van der Waals surface area contributed by atoms with Crippen LogP contribution in [0, 0.1) is 22.7 Å². The van der Waals surface area contributed by atoms with Crippen molar-refractivity contribution in [2.75, 3.05) is 38.5 Å². The summed E-state index contributed by atoms with van der Waals surface area (Å²) in [5.74, 6) is 0.00141. The highest BCUT2D eigenvalue weighted by Crippen LogP contribution is 2.14. The molecule has 6 heteroatoms. The second-order valence-electron chi connectivity index (χ2n) is 5.10. The fraction of sp³-hybridized carbons (Fsp3) is 0.312. The van der Waals surface area contributed by atoms with Gasteiger partial charge in [-0.15, -0.1) is 0 Å². The van der Waals surface area contributed by atoms with E-state index in [0.29, 0.717) is 11.3 Å². The Morgan fingerprint density at radius 1 is 1.23 bits per heavy atom. The van der Waals surface area contributed by atoms with E-state index in [2.05, 4.69) is 10.2 Å². The highest BCUT2D eigenvalue weighted by molar-refractivity contribution is 5.95. The first-order chi connectivity index (χ1) is 10.6. The average molecular weight is 295 g/mol. The normalized spacial score (nSPS) is 14.6. The zero-order chi connectivity index (χ0) is 15.9. The van der Waals surface area contributed by atoms with Gasteiger partial charge in [0.15, 0.2) is 0 Å². The van der Waals surface area contributed by atoms with E-state index in [-0.39, 0.29) is 11.5 Å². The van der Waals surface area contributed by atoms with Gasteiger partial charge in [0, 0.05) is 43.6 Å². The quantitative estimate of drug-likeness (QED) is 0.853. The van der Waals surface area contributed by atoms with Crippen LogP contribution < -0.4 is 5.32 Å². The molecular weight excluding hydrogens is 278 g/mol. The summed E-state index contributed by atoms with van der Waals surface area (Å²) in [5.41, 5.74) is 1.25. The molecule has 0 saturated carbocycles. The first-order valence-corrected chi connectivity index (χ1v) is 6.99. The van der Waals surface area contributed by atoms with Gasteiger partial charge < -0.3 is 15.1 Å². The predicted octanol–water partition coefficient (Wildman–Crippen LogP) is 1.42. The lowest BCUT2D eigenvalue weighted by Crippen LogP contribution is -2.47. The summed E-state index contributed by atoms with van der Waals surface area (Å²) in [6, 6.07) is 10.6. The topological polar surface area (TPSA) is 83.2 Å². The molecular formula is C16H17N5O. The maximum Gasteiger partial charge on any atom is 0.254 e. The van der Waals surface area contributed by atoms with Gasteiger partial charge in [-0.25, -0.2) is 0 Å². The van der Waals surface area contributed by atoms with Gasteiger partial charge in [0.05, 0.1) is 0 Å². The minimum Gasteiger partial charge on any atom is -0.360 e. The maximum absolute atomic E-state index is 12.5. The molecule has 112 valence electrons. The summed E-state index contributed by atoms with van der Waals surface area (Å²) in [6.07, 6.45) is 1.33. The van der Waals surface area contributed by atoms with Gasteiger partial charge in [-0.05, 0) is 25.2 Å². The monoisotopic (exact) mass is 295 g/mol. The smallest absolute Gasteiger partial charge is 0.254 e. The lowest BCUT2D eigenvalue weighted by molar-refractivity contribution is 0.0664. The van der Waals surface area contributed by atoms with Crippen molar-refractivity contribution in [2.24, 2.45) is 0 Å². The highest BCUT2D eigenvalue weighted by Gasteiger charge is 2.20. The molecule has 0 atom stereocenters. The fourth-order valence-electron chi connectivity index (χ4n) is 2.18. The van der Waals surface area contributed by atoms with E-state index in [1.165, 1.54) is 6.20 Å². The van der Waals surface area contributed by atoms with Crippen LogP contribution in [-0.2, 0) is 0 Å². The second-order valence-corrected chi connectivity index (χ2v) is 5.10. The number of anilines is 1. The molecule has 1 heterocycles. The Labute approximate surface area is 129 Å². The highest BCUT2D eigenvalue weighted by atomic mass is 16.2. The number of hydrogen-bond donors (Lipinski definition) is 1. The van der Waals surface area contributed by atoms with Crippen molar-refractivity contribution in [1.29, 1.82) is 10.5 Å². The van der Waals surface area contributed by atoms with Gasteiger partial charge >= 0.3 is 0 Å². The summed E-state index contributed by atoms with van der Waals surface area (Å²) in [4.78, 5) is 16.5. The van der Waals surface area contributed by atoms with Crippen molar-refractivity contribution in [2.45, 2.75) is 0 Å². The number of rotatable bonds is 3. The Morgan fingerprint density at radius 3 is 2.55 bits per heavy atom. The van der Waals surface area contributed by atoms with E-state index in [9.17, 15) is 4.79 Å². The van der Waals surface area contributed by atoms with Crippen molar-refractivity contribution < 1.29 is 4.79 Å². The Balaban J connectivity index is 2.08. The first-order valence-electron chi connectivity index (χ1n) is 6.99. The number of amides is 1. The van der Waals surface area contributed by atoms with Crippen molar-refractivity contribution in [1.82, 2.24) is 9.80 Å². The third-order valence-electron chi connectivity index (χ3n) is 3.52. The molecule has 0 bridgehead atoms. The van der Waals surface area contributed by atoms with E-state index in [0.717, 1.165) is 26.2 Å². The third-order valence-corrected chi connectivity index (χ3v) is 3.52. The number of likely N-dealkylation sites (N-methyl/N-ethyl adjacent to an activating group) is 1. The molecule has 0 unspecified atom stereocenters. The number of allylic oxidation sites excluding steroid dienone is 1. The lowest BCUT2D eigenvalue weighted by Gasteiger charge is -2.32. The van der Waals surface area contributed by atoms with Crippen LogP contribution >= 0.6 is 0 Å². The van der Waals surface area contributed by atoms with Crippen molar-refractivity contribution in [3.8, 4) is 12.1 Å². The molecule has 1 aliphatic heterocycles. The van der Waals surface area contributed by atoms with Gasteiger partial charge in [0.25, 0.3) is 5.91 Å². The van der Waals surface area contributed by atoms with E-state index >= 15 is 0 Å². The van der Waals surface area contributed by atoms with E-state index in [1.807, 2.05) is 11.9 Å². The SMILES string of the molecule is CN1CCN(C(=O)c2cccc(NC=C(C#N)C#N)c2)CC1. The molecule has 1 saturated heterocycles. The number of nitrogens with zero attached hydrogens (tertiary/aromatic N) is 4. The summed E-state index contributed by atoms with van der Waals surface area (Å²) in [5, 5.41) is 20.3. The van der Waals surface area contributed by atoms with E-state index in [4.69, 9.17) is 10.5 Å². The van der Waals surface area contributed by atoms with Crippen LogP contribution in [0.1, 0.15) is 10.4 Å². The number of piperazine rings is 1. The molecule has 0 aromatic heterocycles. The predicted molar refractivity (Wildman–Crippen MR) is 82.8 cm³/mol. The van der Waals surface area contributed by atoms with Gasteiger partial charge in [-0.3, -0.25) is 4.79 Å². The third kappa shape index (κ3) is 3.85. The van der Waals surface area contributed by atoms with Crippen molar-refractivity contribution >= 4 is 11.6 Å². The van der Waals surface area contributed by atoms with Crippen LogP contribution in [0.15, 0.2) is 36.0 Å². The average Bonchev–Trinajstić information content (AvgIpc) is 2.56. The number of hydrogen-bond acceptors (Lipinski definition) is 5. The molecule has 1 amide bonds. The Morgan fingerprint density at radius 2 is 1.91 bits per heavy atom. The van der Waals surface area contributed by atoms with Crippen LogP contribution in [0.5, 0.6) is 0 Å². The molecule has 1 aromatic carbocycles. The van der Waals surface area contributed by atoms with Gasteiger partial charge in [0.1, 0.15) is 17.7 Å². The van der Waals surface area contributed by atoms with Crippen LogP contribution in [0.2, 0.25) is 0 Å². The standard InChI is InChI=1S/C16H17N5O/c1-20-5-7-21(8-6-20)16(22)14-3-2-4-15(9-14)19-12-13(10-17)11-18/h2-4,9,12,19H,5-8H2,1H3. The molecule has 0 radical (unpaired) electrons. The summed E-state index contributed by atoms with van der Waals surface area (Å²) >= 11 is 0. The molecule has 22 heavy (non-hydrogen) atoms. The molecule has 0 spiro atoms. The minimum atomic E-state index is -0.0178. The molecule has 6 nitrogen and oxygen atoms in total. The lowest BCUT2D eigenvalue weighted by atomic mass is 10.1. The number of benzene rings is 1. The van der Waals surface area contributed by atoms with Crippen LogP contribution in [-0.4, -0.2) is 48.9 Å². The minimum absolute atomic E-state index is 0.00141. The number of nitrogens with one attached hydrogen (secondary N) is 1. The Bertz CT molecular complexity index is 644. The zero-order valence-corrected chi connectivity index (χ0v) is 12.4. The van der Waals surface area contributed by atoms with E-state index < -0.39 is 0 Å². The largest absolute Gasteiger partial charge is 0.360 e. The maximum atomic E-state index is 12.5. The second kappa shape index (κ2) is 7.26. The number of carbonyl (C=O) groups is 1. The molecule has 1 aliphatic rings. The van der Waals surface area contributed by atoms with Gasteiger partial charge in [-0.1, -0.05) is 6.07 Å². The van der Waals surface area contributed by atoms with Gasteiger partial charge in [-0.2, -0.15) is 10.5 Å². The summed E-state index contributed by atoms with van der Waals surface area (Å²) < 4.78 is 0. The molecule has 1 fully saturated rings. The fourth-order valence-corrected chi connectivity index (χ4v) is 2.18. The van der Waals surface area contributed by atoms with E-state index in [1.54, 1.807) is 36.4 Å². The Kier molecular flexibility index (Phi) is 5.13. The zero-order valence-electron chi connectivity index (χ0n) is 12.4. The van der Waals surface area contributed by atoms with Crippen LogP contribution in [0.4, 0.5) is 5.69 Å². The first kappa shape index (κ1) is 15.6.